The average molecular weight is 506 g/mol. The van der Waals surface area contributed by atoms with Crippen LogP contribution in [0.25, 0.3) is 0 Å². The summed E-state index contributed by atoms with van der Waals surface area (Å²) in [6, 6.07) is -0.890. The number of hydrogen-bond donors (Lipinski definition) is 1. The van der Waals surface area contributed by atoms with E-state index in [-0.39, 0.29) is 35.4 Å². The molecule has 0 aromatic carbocycles. The minimum absolute atomic E-state index is 0. The lowest BCUT2D eigenvalue weighted by atomic mass is 10.2. The molecule has 1 saturated carbocycles. The van der Waals surface area contributed by atoms with Gasteiger partial charge in [-0.1, -0.05) is 28.2 Å². The fourth-order valence-electron chi connectivity index (χ4n) is 2.85. The highest BCUT2D eigenvalue weighted by Gasteiger charge is 2.44. The lowest BCUT2D eigenvalue weighted by Gasteiger charge is -2.39. The summed E-state index contributed by atoms with van der Waals surface area (Å²) in [5, 5.41) is 2.61. The highest BCUT2D eigenvalue weighted by atomic mass is 32.2. The number of ether oxygens (including phenoxy) is 2. The number of ketones is 1. The SMILES string of the molecule is C.CC(C)(C)OC(=O)N[C@@H](CS[C@H]1CC(=O)C[C@@H]1O[Si](C)(C)C(C)(C)C)C(=O)OC(C)(C)C. The van der Waals surface area contributed by atoms with Gasteiger partial charge in [0.1, 0.15) is 23.0 Å². The van der Waals surface area contributed by atoms with Gasteiger partial charge in [-0.3, -0.25) is 4.79 Å². The van der Waals surface area contributed by atoms with Gasteiger partial charge in [0.2, 0.25) is 0 Å². The fourth-order valence-corrected chi connectivity index (χ4v) is 5.63. The van der Waals surface area contributed by atoms with E-state index in [1.807, 2.05) is 0 Å². The van der Waals surface area contributed by atoms with Crippen LogP contribution in [0.3, 0.4) is 0 Å². The van der Waals surface area contributed by atoms with E-state index in [4.69, 9.17) is 13.9 Å². The molecule has 0 unspecified atom stereocenters. The molecular formula is C24H47NO6SSi. The van der Waals surface area contributed by atoms with Crippen molar-refractivity contribution in [3.63, 3.8) is 0 Å². The van der Waals surface area contributed by atoms with Crippen molar-refractivity contribution < 1.29 is 28.3 Å². The molecule has 0 aromatic heterocycles. The van der Waals surface area contributed by atoms with Crippen LogP contribution in [-0.2, 0) is 23.5 Å². The summed E-state index contributed by atoms with van der Waals surface area (Å²) >= 11 is 1.47. The molecule has 0 saturated heterocycles. The number of carbonyl (C=O) groups excluding carboxylic acids is 3. The molecule has 0 bridgehead atoms. The maximum atomic E-state index is 12.8. The summed E-state index contributed by atoms with van der Waals surface area (Å²) in [6.07, 6.45) is -0.0715. The van der Waals surface area contributed by atoms with E-state index < -0.39 is 37.6 Å². The molecule has 194 valence electrons. The second-order valence-electron chi connectivity index (χ2n) is 12.0. The summed E-state index contributed by atoms with van der Waals surface area (Å²) in [7, 11) is -2.05. The second kappa shape index (κ2) is 11.6. The minimum atomic E-state index is -2.05. The Morgan fingerprint density at radius 1 is 1.00 bits per heavy atom. The number of carbonyl (C=O) groups is 3. The zero-order valence-electron chi connectivity index (χ0n) is 21.7. The van der Waals surface area contributed by atoms with Crippen LogP contribution in [0.4, 0.5) is 4.79 Å². The van der Waals surface area contributed by atoms with Crippen LogP contribution in [0, 0.1) is 0 Å². The fraction of sp³-hybridized carbons (Fsp3) is 0.875. The van der Waals surface area contributed by atoms with Gasteiger partial charge >= 0.3 is 12.1 Å². The van der Waals surface area contributed by atoms with Gasteiger partial charge in [-0.15, -0.1) is 0 Å². The molecule has 0 heterocycles. The Kier molecular flexibility index (Phi) is 11.2. The predicted octanol–water partition coefficient (Wildman–Crippen LogP) is 5.71. The molecule has 1 fully saturated rings. The molecule has 7 nitrogen and oxygen atoms in total. The number of Topliss-reactive ketones (excluding diaryl/α,β-unsaturated/α-hetero) is 1. The molecule has 0 aromatic rings. The number of esters is 1. The molecule has 3 atom stereocenters. The highest BCUT2D eigenvalue weighted by Crippen LogP contribution is 2.41. The molecule has 0 aliphatic heterocycles. The number of nitrogens with one attached hydrogen (secondary N) is 1. The quantitative estimate of drug-likeness (QED) is 0.350. The second-order valence-corrected chi connectivity index (χ2v) is 18.0. The topological polar surface area (TPSA) is 90.9 Å². The van der Waals surface area contributed by atoms with E-state index in [9.17, 15) is 14.4 Å². The maximum Gasteiger partial charge on any atom is 0.408 e. The van der Waals surface area contributed by atoms with Crippen molar-refractivity contribution in [3.8, 4) is 0 Å². The van der Waals surface area contributed by atoms with Gasteiger partial charge in [-0.2, -0.15) is 11.8 Å². The van der Waals surface area contributed by atoms with Crippen LogP contribution in [0.2, 0.25) is 18.1 Å². The van der Waals surface area contributed by atoms with Gasteiger partial charge in [-0.25, -0.2) is 9.59 Å². The Morgan fingerprint density at radius 2 is 1.52 bits per heavy atom. The van der Waals surface area contributed by atoms with Gasteiger partial charge in [0.25, 0.3) is 0 Å². The zero-order valence-corrected chi connectivity index (χ0v) is 23.5. The summed E-state index contributed by atoms with van der Waals surface area (Å²) in [5.41, 5.74) is -1.37. The first-order valence-corrected chi connectivity index (χ1v) is 15.2. The molecule has 9 heteroatoms. The zero-order chi connectivity index (χ0) is 25.1. The summed E-state index contributed by atoms with van der Waals surface area (Å²) in [4.78, 5) is 37.3. The van der Waals surface area contributed by atoms with Gasteiger partial charge < -0.3 is 19.2 Å². The minimum Gasteiger partial charge on any atom is -0.458 e. The number of amides is 1. The molecule has 0 spiro atoms. The molecule has 1 aliphatic carbocycles. The third-order valence-corrected chi connectivity index (χ3v) is 11.3. The van der Waals surface area contributed by atoms with Crippen molar-refractivity contribution in [2.75, 3.05) is 5.75 Å². The molecule has 1 aliphatic rings. The smallest absolute Gasteiger partial charge is 0.408 e. The predicted molar refractivity (Wildman–Crippen MR) is 138 cm³/mol. The van der Waals surface area contributed by atoms with E-state index in [1.54, 1.807) is 41.5 Å². The Balaban J connectivity index is 0.0000102. The first-order valence-electron chi connectivity index (χ1n) is 11.2. The number of rotatable bonds is 7. The van der Waals surface area contributed by atoms with E-state index >= 15 is 0 Å². The van der Waals surface area contributed by atoms with E-state index in [1.165, 1.54) is 11.8 Å². The lowest BCUT2D eigenvalue weighted by molar-refractivity contribution is -0.156. The van der Waals surface area contributed by atoms with Crippen molar-refractivity contribution >= 4 is 37.9 Å². The number of alkyl carbamates (subject to hydrolysis) is 1. The molecular weight excluding hydrogens is 458 g/mol. The lowest BCUT2D eigenvalue weighted by Crippen LogP contribution is -2.48. The molecule has 1 rings (SSSR count). The standard InChI is InChI=1S/C23H43NO6SSi.CH4/c1-21(2,3)28-19(26)16(24-20(27)29-22(4,5)6)14-31-18-13-15(25)12-17(18)30-32(10,11)23(7,8)9;/h16-18H,12-14H2,1-11H3,(H,24,27);1H4/t16-,17-,18-;/m0./s1. The van der Waals surface area contributed by atoms with Gasteiger partial charge in [0.05, 0.1) is 6.10 Å². The monoisotopic (exact) mass is 505 g/mol. The Labute approximate surface area is 206 Å². The van der Waals surface area contributed by atoms with Crippen molar-refractivity contribution in [1.29, 1.82) is 0 Å². The van der Waals surface area contributed by atoms with Crippen LogP contribution in [-0.4, -0.2) is 60.5 Å². The van der Waals surface area contributed by atoms with E-state index in [2.05, 4.69) is 39.2 Å². The van der Waals surface area contributed by atoms with Gasteiger partial charge in [0, 0.05) is 23.8 Å². The van der Waals surface area contributed by atoms with Crippen LogP contribution in [0.5, 0.6) is 0 Å². The third-order valence-electron chi connectivity index (χ3n) is 5.38. The largest absolute Gasteiger partial charge is 0.458 e. The average Bonchev–Trinajstić information content (AvgIpc) is 2.85. The van der Waals surface area contributed by atoms with Crippen molar-refractivity contribution in [3.05, 3.63) is 0 Å². The molecule has 1 amide bonds. The molecule has 33 heavy (non-hydrogen) atoms. The van der Waals surface area contributed by atoms with E-state index in [0.29, 0.717) is 12.8 Å². The Morgan fingerprint density at radius 3 is 1.97 bits per heavy atom. The number of hydrogen-bond acceptors (Lipinski definition) is 7. The Hall–Kier alpha value is -1.06. The van der Waals surface area contributed by atoms with Crippen LogP contribution >= 0.6 is 11.8 Å². The third kappa shape index (κ3) is 11.3. The maximum absolute atomic E-state index is 12.8. The van der Waals surface area contributed by atoms with Crippen molar-refractivity contribution in [2.45, 2.75) is 129 Å². The first kappa shape index (κ1) is 31.9. The van der Waals surface area contributed by atoms with Crippen LogP contribution in [0.1, 0.15) is 82.6 Å². The van der Waals surface area contributed by atoms with Crippen LogP contribution in [0.15, 0.2) is 0 Å². The number of thioether (sulfide) groups is 1. The van der Waals surface area contributed by atoms with Crippen molar-refractivity contribution in [2.24, 2.45) is 0 Å². The highest BCUT2D eigenvalue weighted by molar-refractivity contribution is 8.00. The summed E-state index contributed by atoms with van der Waals surface area (Å²) < 4.78 is 17.4. The first-order chi connectivity index (χ1) is 14.2. The van der Waals surface area contributed by atoms with Crippen LogP contribution < -0.4 is 5.32 Å². The summed E-state index contributed by atoms with van der Waals surface area (Å²) in [6.45, 7) is 21.5. The van der Waals surface area contributed by atoms with Gasteiger partial charge in [0.15, 0.2) is 8.32 Å². The Bertz CT molecular complexity index is 691. The van der Waals surface area contributed by atoms with Crippen molar-refractivity contribution in [1.82, 2.24) is 5.32 Å². The molecule has 1 N–H and O–H groups in total. The van der Waals surface area contributed by atoms with E-state index in [0.717, 1.165) is 0 Å². The summed E-state index contributed by atoms with van der Waals surface area (Å²) in [5.74, 6) is -0.0918. The normalized spacial score (nSPS) is 20.6. The molecule has 0 radical (unpaired) electrons. The van der Waals surface area contributed by atoms with Gasteiger partial charge in [-0.05, 0) is 59.7 Å².